The number of rotatable bonds is 19. The third kappa shape index (κ3) is 25.0. The predicted molar refractivity (Wildman–Crippen MR) is 391 cm³/mol. The summed E-state index contributed by atoms with van der Waals surface area (Å²) in [5.74, 6) is -13.0. The number of benzene rings is 2. The van der Waals surface area contributed by atoms with E-state index in [1.807, 2.05) is 18.2 Å². The van der Waals surface area contributed by atoms with E-state index in [1.54, 1.807) is 102 Å². The van der Waals surface area contributed by atoms with E-state index >= 15 is 0 Å². The van der Waals surface area contributed by atoms with Crippen LogP contribution in [0.3, 0.4) is 0 Å². The van der Waals surface area contributed by atoms with Gasteiger partial charge in [-0.15, -0.1) is 5.10 Å². The van der Waals surface area contributed by atoms with Crippen LogP contribution in [0.15, 0.2) is 79.6 Å². The van der Waals surface area contributed by atoms with Crippen molar-refractivity contribution in [2.24, 2.45) is 23.5 Å². The van der Waals surface area contributed by atoms with Crippen molar-refractivity contribution in [1.82, 2.24) is 98.7 Å². The van der Waals surface area contributed by atoms with Gasteiger partial charge in [0.25, 0.3) is 0 Å². The Morgan fingerprint density at radius 3 is 1.71 bits per heavy atom. The molecule has 1 aliphatic rings. The van der Waals surface area contributed by atoms with E-state index in [9.17, 15) is 72.5 Å². The van der Waals surface area contributed by atoms with Crippen LogP contribution in [-0.2, 0) is 94.6 Å². The second-order valence-electron chi connectivity index (χ2n) is 28.2. The molecule has 5 heterocycles. The number of nitrogens with two attached hydrogens (primary N) is 1. The molecule has 0 fully saturated rings. The van der Waals surface area contributed by atoms with Gasteiger partial charge in [0, 0.05) is 78.8 Å². The number of hydrogen-bond acceptors (Lipinski definition) is 18. The van der Waals surface area contributed by atoms with Gasteiger partial charge in [0.1, 0.15) is 60.4 Å². The molecule has 0 spiro atoms. The van der Waals surface area contributed by atoms with Gasteiger partial charge in [-0.05, 0) is 113 Å². The minimum Gasteiger partial charge on any atom is -0.481 e. The summed E-state index contributed by atoms with van der Waals surface area (Å²) in [7, 11) is 1.56. The van der Waals surface area contributed by atoms with Crippen LogP contribution < -0.4 is 69.5 Å². The molecule has 2 aromatic carbocycles. The molecule has 580 valence electrons. The second-order valence-corrected chi connectivity index (χ2v) is 28.2. The molecule has 0 unspecified atom stereocenters. The summed E-state index contributed by atoms with van der Waals surface area (Å²) in [6.07, 6.45) is 5.60. The molecule has 19 N–H and O–H groups in total. The zero-order valence-corrected chi connectivity index (χ0v) is 61.6. The van der Waals surface area contributed by atoms with E-state index in [4.69, 9.17) is 5.73 Å². The number of aliphatic hydroxyl groups excluding tert-OH is 1. The van der Waals surface area contributed by atoms with Gasteiger partial charge in [0.15, 0.2) is 0 Å². The molecule has 35 heteroatoms. The molecular weight excluding hydrogens is 1380 g/mol. The van der Waals surface area contributed by atoms with Crippen molar-refractivity contribution in [3.05, 3.63) is 102 Å². The number of H-pyrrole nitrogens is 3. The molecule has 12 amide bonds. The summed E-state index contributed by atoms with van der Waals surface area (Å²) in [6.45, 7) is 12.4. The molecule has 7 rings (SSSR count). The average molecular weight is 1490 g/mol. The van der Waals surface area contributed by atoms with Crippen molar-refractivity contribution in [1.29, 1.82) is 0 Å². The lowest BCUT2D eigenvalue weighted by Crippen LogP contribution is -2.61. The highest BCUT2D eigenvalue weighted by Gasteiger charge is 2.38. The molecule has 107 heavy (non-hydrogen) atoms. The van der Waals surface area contributed by atoms with Gasteiger partial charge in [0.05, 0.1) is 36.4 Å². The van der Waals surface area contributed by atoms with Gasteiger partial charge in [-0.3, -0.25) is 67.0 Å². The van der Waals surface area contributed by atoms with Crippen LogP contribution in [-0.4, -0.2) is 208 Å². The number of imidazole rings is 1. The van der Waals surface area contributed by atoms with Gasteiger partial charge >= 0.3 is 5.97 Å². The van der Waals surface area contributed by atoms with Gasteiger partial charge in [-0.2, -0.15) is 0 Å². The highest BCUT2D eigenvalue weighted by molar-refractivity contribution is 6.00. The number of aromatic amines is 3. The van der Waals surface area contributed by atoms with Crippen LogP contribution in [0.25, 0.3) is 21.8 Å². The number of aromatic nitrogens is 7. The predicted octanol–water partition coefficient (Wildman–Crippen LogP) is -1.14. The smallest absolute Gasteiger partial charge is 0.303 e. The number of carboxylic acids is 1. The van der Waals surface area contributed by atoms with Gasteiger partial charge in [-0.25, -0.2) is 4.98 Å². The van der Waals surface area contributed by atoms with E-state index in [0.29, 0.717) is 39.8 Å². The Hall–Kier alpha value is -11.1. The molecule has 0 aliphatic carbocycles. The third-order valence-corrected chi connectivity index (χ3v) is 18.3. The van der Waals surface area contributed by atoms with E-state index < -0.39 is 175 Å². The molecule has 6 aromatic rings. The van der Waals surface area contributed by atoms with Crippen molar-refractivity contribution in [3.63, 3.8) is 0 Å². The number of likely N-dealkylation sites (N-methyl/N-ethyl adjacent to an activating group) is 1. The molecule has 0 saturated heterocycles. The van der Waals surface area contributed by atoms with Gasteiger partial charge < -0.3 is 94.7 Å². The molecule has 4 aromatic heterocycles. The number of amides is 12. The number of primary amides is 1. The van der Waals surface area contributed by atoms with Gasteiger partial charge in [-0.1, -0.05) is 83.2 Å². The Labute approximate surface area is 618 Å². The lowest BCUT2D eigenvalue weighted by Gasteiger charge is -2.29. The van der Waals surface area contributed by atoms with Crippen molar-refractivity contribution < 1.29 is 72.5 Å². The summed E-state index contributed by atoms with van der Waals surface area (Å²) in [5, 5.41) is 62.4. The highest BCUT2D eigenvalue weighted by atomic mass is 16.4. The number of para-hydroxylation sites is 2. The summed E-state index contributed by atoms with van der Waals surface area (Å²) in [6, 6.07) is -0.785. The summed E-state index contributed by atoms with van der Waals surface area (Å²) in [4.78, 5) is 197. The number of nitrogens with one attached hydrogen (secondary N) is 15. The molecule has 1 aliphatic heterocycles. The number of nitrogens with zero attached hydrogens (tertiary/aromatic N) is 4. The second kappa shape index (κ2) is 39.9. The number of aliphatic carboxylic acids is 1. The fraction of sp³-hybridized carbons (Fsp3) is 0.528. The number of aryl methyl sites for hydroxylation is 2. The SMILES string of the molecule is CN[C@H]1CCc2cn(nn2)CCCC[C@@H](C(=O)N[C@H](C(N)=O)[C@@H](C)O)NC(=O)[C@H](Cc2c[nH]c3ccccc23)NC(=O)[C@H](C(C)C)NC(=O)[C@H](CC(C)C)NC(=O)[C@H](CCC(=O)O)NC(=O)CNC(=O)[C@H](CC(C)C)NC(=O)[C@H](Cc2c[nH]cn2)NC(=O)[C@H](Cc2c[nH]c3ccccc23)NC(=O)[C@H](C)NC1=O. The number of fused-ring (bicyclic) bond motifs is 4. The fourth-order valence-electron chi connectivity index (χ4n) is 12.4. The number of carbonyl (C=O) groups excluding carboxylic acids is 12. The molecule has 0 radical (unpaired) electrons. The Bertz CT molecular complexity index is 4070. The molecule has 12 atom stereocenters. The minimum absolute atomic E-state index is 0.00180. The van der Waals surface area contributed by atoms with E-state index in [1.165, 1.54) is 26.4 Å². The van der Waals surface area contributed by atoms with Crippen LogP contribution in [0, 0.1) is 17.8 Å². The first-order valence-corrected chi connectivity index (χ1v) is 36.0. The first-order chi connectivity index (χ1) is 50.9. The number of carboxylic acid groups (broad SMARTS) is 1. The van der Waals surface area contributed by atoms with Crippen LogP contribution in [0.2, 0.25) is 0 Å². The maximum Gasteiger partial charge on any atom is 0.303 e. The Kier molecular flexibility index (Phi) is 31.0. The van der Waals surface area contributed by atoms with E-state index in [-0.39, 0.29) is 76.2 Å². The van der Waals surface area contributed by atoms with Crippen molar-refractivity contribution in [3.8, 4) is 0 Å². The fourth-order valence-corrected chi connectivity index (χ4v) is 12.4. The Morgan fingerprint density at radius 2 is 1.16 bits per heavy atom. The quantitative estimate of drug-likeness (QED) is 0.0456. The Morgan fingerprint density at radius 1 is 0.617 bits per heavy atom. The third-order valence-electron chi connectivity index (χ3n) is 18.3. The molecular formula is C72H102N20O15. The number of carbonyl (C=O) groups is 13. The summed E-state index contributed by atoms with van der Waals surface area (Å²) < 4.78 is 1.55. The Balaban J connectivity index is 1.21. The summed E-state index contributed by atoms with van der Waals surface area (Å²) >= 11 is 0. The van der Waals surface area contributed by atoms with Crippen molar-refractivity contribution in [2.45, 2.75) is 212 Å². The first kappa shape index (κ1) is 83.2. The van der Waals surface area contributed by atoms with Gasteiger partial charge in [0.2, 0.25) is 70.9 Å². The largest absolute Gasteiger partial charge is 0.481 e. The average Bonchev–Trinajstić information content (AvgIpc) is 1.78. The topological polar surface area (TPSA) is 524 Å². The highest BCUT2D eigenvalue weighted by Crippen LogP contribution is 2.23. The van der Waals surface area contributed by atoms with Crippen LogP contribution >= 0.6 is 0 Å². The normalized spacial score (nSPS) is 23.3. The zero-order valence-electron chi connectivity index (χ0n) is 61.6. The minimum atomic E-state index is -1.63. The molecule has 0 saturated carbocycles. The summed E-state index contributed by atoms with van der Waals surface area (Å²) in [5.41, 5.74) is 9.03. The molecule has 35 nitrogen and oxygen atoms in total. The van der Waals surface area contributed by atoms with Crippen LogP contribution in [0.4, 0.5) is 0 Å². The van der Waals surface area contributed by atoms with Crippen LogP contribution in [0.1, 0.15) is 129 Å². The van der Waals surface area contributed by atoms with Crippen molar-refractivity contribution in [2.75, 3.05) is 13.6 Å². The lowest BCUT2D eigenvalue weighted by atomic mass is 9.98. The maximum atomic E-state index is 14.9. The van der Waals surface area contributed by atoms with Crippen molar-refractivity contribution >= 4 is 98.7 Å². The molecule has 2 bridgehead atoms. The standard InChI is InChI=1S/C72H102N20O15/c1-37(2)26-53-64(99)78-34-58(94)81-52(23-24-59(95)96)66(101)85-54(27-38(3)4)71(106)88-60(39(5)6)72(107)87-56(29-43-32-77-49-19-13-11-17-47(43)49)68(103)82-51(67(102)89-61(41(8)93)62(73)97)20-14-15-25-92-35-44(90-91-92)21-22-50(74-9)65(100)80-40(7)63(98)83-55(28-42-31-76-48-18-12-10-16-46(42)48)69(104)86-57(70(105)84-53)30-45-33-75-36-79-45/h10-13,16-19,31-33,35-41,50-57,60-61,74,76-77,93H,14-15,20-30,34H2,1-9H3,(H2,73,97)(H,75,79)(H,78,99)(H,80,100)(H,81,94)(H,82,103)(H,83,98)(H,84,105)(H,85,101)(H,86,104)(H,87,107)(H,88,106)(H,89,102)(H,95,96)/t40-,41+,50-,51-,52-,53-,54-,55-,56-,57-,60-,61-/m0/s1. The number of aliphatic hydroxyl groups is 1. The number of hydrogen-bond donors (Lipinski definition) is 18. The zero-order chi connectivity index (χ0) is 78.2. The van der Waals surface area contributed by atoms with E-state index in [0.717, 1.165) is 10.9 Å². The monoisotopic (exact) mass is 1490 g/mol. The maximum absolute atomic E-state index is 14.9. The van der Waals surface area contributed by atoms with E-state index in [2.05, 4.69) is 94.0 Å². The lowest BCUT2D eigenvalue weighted by molar-refractivity contribution is -0.138. The first-order valence-electron chi connectivity index (χ1n) is 36.0. The van der Waals surface area contributed by atoms with Crippen LogP contribution in [0.5, 0.6) is 0 Å².